The Labute approximate surface area is 216 Å². The zero-order chi connectivity index (χ0) is 25.3. The summed E-state index contributed by atoms with van der Waals surface area (Å²) in [5, 5.41) is 22.0. The number of nitrogens with zero attached hydrogens (tertiary/aromatic N) is 1. The van der Waals surface area contributed by atoms with Gasteiger partial charge in [0.05, 0.1) is 22.1 Å². The predicted octanol–water partition coefficient (Wildman–Crippen LogP) is 5.78. The summed E-state index contributed by atoms with van der Waals surface area (Å²) in [7, 11) is -1.51. The van der Waals surface area contributed by atoms with E-state index in [0.29, 0.717) is 5.46 Å². The van der Waals surface area contributed by atoms with Gasteiger partial charge in [0.25, 0.3) is 0 Å². The van der Waals surface area contributed by atoms with Crippen molar-refractivity contribution in [1.29, 1.82) is 0 Å². The normalized spacial score (nSPS) is 13.6. The Morgan fingerprint density at radius 1 is 0.622 bits per heavy atom. The van der Waals surface area contributed by atoms with E-state index in [1.54, 1.807) is 6.07 Å². The first-order valence-corrected chi connectivity index (χ1v) is 12.7. The van der Waals surface area contributed by atoms with Crippen molar-refractivity contribution >= 4 is 34.4 Å². The molecule has 6 aromatic rings. The minimum absolute atomic E-state index is 0.493. The molecule has 0 amide bonds. The van der Waals surface area contributed by atoms with Crippen LogP contribution in [0.1, 0.15) is 33.4 Å². The maximum Gasteiger partial charge on any atom is 0.488 e. The number of aryl methyl sites for hydroxylation is 2. The fraction of sp³-hybridized carbons (Fsp3) is 0.0909. The molecule has 3 nitrogen and oxygen atoms in total. The number of fused-ring (bicyclic) bond motifs is 5. The largest absolute Gasteiger partial charge is 0.488 e. The van der Waals surface area contributed by atoms with Crippen LogP contribution in [0.5, 0.6) is 0 Å². The molecule has 0 aliphatic carbocycles. The molecule has 7 rings (SSSR count). The van der Waals surface area contributed by atoms with Crippen LogP contribution in [0.25, 0.3) is 27.5 Å². The maximum absolute atomic E-state index is 9.92. The van der Waals surface area contributed by atoms with Gasteiger partial charge in [0.15, 0.2) is 0 Å². The molecule has 2 heterocycles. The molecule has 1 aliphatic rings. The summed E-state index contributed by atoms with van der Waals surface area (Å²) in [6, 6.07) is 38.8. The molecule has 0 saturated heterocycles. The summed E-state index contributed by atoms with van der Waals surface area (Å²) in [6.45, 7) is 4.26. The van der Waals surface area contributed by atoms with Gasteiger partial charge in [-0.05, 0) is 53.7 Å². The summed E-state index contributed by atoms with van der Waals surface area (Å²) in [4.78, 5) is 0. The Kier molecular flexibility index (Phi) is 4.75. The third-order valence-electron chi connectivity index (χ3n) is 8.03. The fourth-order valence-corrected chi connectivity index (χ4v) is 6.33. The number of rotatable bonds is 3. The number of para-hydroxylation sites is 2. The van der Waals surface area contributed by atoms with E-state index in [0.717, 1.165) is 27.5 Å². The minimum Gasteiger partial charge on any atom is -0.423 e. The first-order chi connectivity index (χ1) is 18.0. The molecule has 0 unspecified atom stereocenters. The smallest absolute Gasteiger partial charge is 0.423 e. The van der Waals surface area contributed by atoms with E-state index in [4.69, 9.17) is 0 Å². The Morgan fingerprint density at radius 2 is 1.24 bits per heavy atom. The van der Waals surface area contributed by atoms with Gasteiger partial charge >= 0.3 is 7.12 Å². The summed E-state index contributed by atoms with van der Waals surface area (Å²) in [6.07, 6.45) is 0. The predicted molar refractivity (Wildman–Crippen MR) is 152 cm³/mol. The van der Waals surface area contributed by atoms with Crippen LogP contribution in [0.15, 0.2) is 109 Å². The molecule has 37 heavy (non-hydrogen) atoms. The van der Waals surface area contributed by atoms with Crippen LogP contribution in [-0.4, -0.2) is 21.7 Å². The maximum atomic E-state index is 9.92. The molecule has 0 spiro atoms. The number of hydrogen-bond donors (Lipinski definition) is 2. The van der Waals surface area contributed by atoms with Gasteiger partial charge in [-0.25, -0.2) is 0 Å². The van der Waals surface area contributed by atoms with Crippen LogP contribution in [-0.2, 0) is 5.41 Å². The average molecular weight is 479 g/mol. The van der Waals surface area contributed by atoms with Gasteiger partial charge in [-0.15, -0.1) is 0 Å². The van der Waals surface area contributed by atoms with E-state index in [-0.39, 0.29) is 0 Å². The third kappa shape index (κ3) is 2.97. The van der Waals surface area contributed by atoms with Crippen molar-refractivity contribution in [3.05, 3.63) is 143 Å². The van der Waals surface area contributed by atoms with Gasteiger partial charge in [0.1, 0.15) is 0 Å². The van der Waals surface area contributed by atoms with Crippen molar-refractivity contribution in [2.24, 2.45) is 0 Å². The summed E-state index contributed by atoms with van der Waals surface area (Å²) >= 11 is 0. The lowest BCUT2D eigenvalue weighted by Gasteiger charge is -2.41. The van der Waals surface area contributed by atoms with Crippen molar-refractivity contribution in [2.45, 2.75) is 19.3 Å². The molecule has 0 fully saturated rings. The molecule has 1 aliphatic heterocycles. The van der Waals surface area contributed by atoms with E-state index in [1.807, 2.05) is 12.1 Å². The molecular formula is C33H26BNO2. The van der Waals surface area contributed by atoms with Gasteiger partial charge < -0.3 is 14.6 Å². The van der Waals surface area contributed by atoms with Crippen molar-refractivity contribution < 1.29 is 10.0 Å². The Balaban J connectivity index is 1.72. The highest BCUT2D eigenvalue weighted by molar-refractivity contribution is 6.59. The number of benzene rings is 5. The van der Waals surface area contributed by atoms with Gasteiger partial charge in [-0.3, -0.25) is 0 Å². The molecule has 0 atom stereocenters. The second-order valence-electron chi connectivity index (χ2n) is 10.2. The van der Waals surface area contributed by atoms with E-state index in [9.17, 15) is 10.0 Å². The van der Waals surface area contributed by atoms with E-state index >= 15 is 0 Å². The van der Waals surface area contributed by atoms with E-state index < -0.39 is 12.5 Å². The first kappa shape index (κ1) is 22.1. The molecular weight excluding hydrogens is 453 g/mol. The first-order valence-electron chi connectivity index (χ1n) is 12.7. The molecule has 0 saturated carbocycles. The summed E-state index contributed by atoms with van der Waals surface area (Å²) in [5.41, 5.74) is 10.7. The van der Waals surface area contributed by atoms with Crippen molar-refractivity contribution in [3.8, 4) is 5.69 Å². The highest BCUT2D eigenvalue weighted by atomic mass is 16.4. The van der Waals surface area contributed by atoms with Crippen molar-refractivity contribution in [2.75, 3.05) is 0 Å². The van der Waals surface area contributed by atoms with Gasteiger partial charge in [0.2, 0.25) is 0 Å². The Morgan fingerprint density at radius 3 is 1.89 bits per heavy atom. The van der Waals surface area contributed by atoms with Gasteiger partial charge in [-0.1, -0.05) is 108 Å². The second kappa shape index (κ2) is 7.94. The van der Waals surface area contributed by atoms with Crippen LogP contribution < -0.4 is 5.46 Å². The van der Waals surface area contributed by atoms with Crippen LogP contribution >= 0.6 is 0 Å². The third-order valence-corrected chi connectivity index (χ3v) is 8.03. The number of hydrogen-bond acceptors (Lipinski definition) is 2. The van der Waals surface area contributed by atoms with Gasteiger partial charge in [-0.2, -0.15) is 0 Å². The number of aromatic nitrogens is 1. The quantitative estimate of drug-likeness (QED) is 0.316. The molecule has 2 N–H and O–H groups in total. The topological polar surface area (TPSA) is 45.4 Å². The van der Waals surface area contributed by atoms with Crippen molar-refractivity contribution in [3.63, 3.8) is 0 Å². The molecule has 0 radical (unpaired) electrons. The fourth-order valence-electron chi connectivity index (χ4n) is 6.33. The van der Waals surface area contributed by atoms with Crippen molar-refractivity contribution in [1.82, 2.24) is 4.57 Å². The Hall–Kier alpha value is -4.12. The Bertz CT molecular complexity index is 1770. The molecule has 4 heteroatoms. The standard InChI is InChI=1S/C33H26BNO2/c1-21-10-14-23(15-11-21)33(24-16-12-22(2)13-17-24)28-7-3-4-9-31(28)35-30-19-18-25(34(36)37)20-27(30)26-6-5-8-29(33)32(26)35/h3-20,36-37H,1-2H3. The highest BCUT2D eigenvalue weighted by Crippen LogP contribution is 2.54. The lowest BCUT2D eigenvalue weighted by atomic mass is 9.63. The SMILES string of the molecule is Cc1ccc(C2(c3ccc(C)cc3)c3ccccc3-n3c4ccc(B(O)O)cc4c4cccc2c43)cc1. The molecule has 0 bridgehead atoms. The van der Waals surface area contributed by atoms with Crippen LogP contribution in [0.2, 0.25) is 0 Å². The summed E-state index contributed by atoms with van der Waals surface area (Å²) in [5.74, 6) is 0. The minimum atomic E-state index is -1.51. The highest BCUT2D eigenvalue weighted by Gasteiger charge is 2.45. The van der Waals surface area contributed by atoms with Crippen LogP contribution in [0, 0.1) is 13.8 Å². The van der Waals surface area contributed by atoms with Gasteiger partial charge in [0, 0.05) is 10.8 Å². The zero-order valence-corrected chi connectivity index (χ0v) is 20.8. The molecule has 178 valence electrons. The monoisotopic (exact) mass is 479 g/mol. The van der Waals surface area contributed by atoms with E-state index in [2.05, 4.69) is 109 Å². The van der Waals surface area contributed by atoms with E-state index in [1.165, 1.54) is 33.4 Å². The molecule has 1 aromatic heterocycles. The lowest BCUT2D eigenvalue weighted by Crippen LogP contribution is -2.35. The molecule has 5 aromatic carbocycles. The average Bonchev–Trinajstić information content (AvgIpc) is 3.25. The second-order valence-corrected chi connectivity index (χ2v) is 10.2. The lowest BCUT2D eigenvalue weighted by molar-refractivity contribution is 0.426. The van der Waals surface area contributed by atoms with Crippen LogP contribution in [0.3, 0.4) is 0 Å². The summed E-state index contributed by atoms with van der Waals surface area (Å²) < 4.78 is 2.35. The van der Waals surface area contributed by atoms with Crippen LogP contribution in [0.4, 0.5) is 0 Å². The zero-order valence-electron chi connectivity index (χ0n) is 20.8.